The highest BCUT2D eigenvalue weighted by molar-refractivity contribution is 5.32. The van der Waals surface area contributed by atoms with Crippen LogP contribution in [0.3, 0.4) is 0 Å². The van der Waals surface area contributed by atoms with Crippen molar-refractivity contribution < 1.29 is 9.50 Å². The number of aliphatic hydroxyl groups is 1. The van der Waals surface area contributed by atoms with Crippen molar-refractivity contribution in [2.45, 2.75) is 44.4 Å². The van der Waals surface area contributed by atoms with Crippen molar-refractivity contribution in [1.82, 2.24) is 5.32 Å². The van der Waals surface area contributed by atoms with Crippen molar-refractivity contribution >= 4 is 0 Å². The topological polar surface area (TPSA) is 56.0 Å². The van der Waals surface area contributed by atoms with Crippen molar-refractivity contribution in [3.8, 4) is 6.07 Å². The SMILES string of the molecule is N#Cc1ccc(CNC2CCCCC2O)c(F)c1. The first kappa shape index (κ1) is 13.0. The summed E-state index contributed by atoms with van der Waals surface area (Å²) in [4.78, 5) is 0. The van der Waals surface area contributed by atoms with E-state index >= 15 is 0 Å². The van der Waals surface area contributed by atoms with E-state index in [1.54, 1.807) is 12.1 Å². The fraction of sp³-hybridized carbons (Fsp3) is 0.500. The van der Waals surface area contributed by atoms with Gasteiger partial charge in [-0.1, -0.05) is 18.9 Å². The molecule has 96 valence electrons. The monoisotopic (exact) mass is 248 g/mol. The van der Waals surface area contributed by atoms with E-state index in [9.17, 15) is 9.50 Å². The van der Waals surface area contributed by atoms with Gasteiger partial charge >= 0.3 is 0 Å². The lowest BCUT2D eigenvalue weighted by atomic mass is 9.92. The molecule has 18 heavy (non-hydrogen) atoms. The van der Waals surface area contributed by atoms with E-state index in [0.717, 1.165) is 25.7 Å². The molecule has 3 nitrogen and oxygen atoms in total. The van der Waals surface area contributed by atoms with Crippen molar-refractivity contribution in [3.05, 3.63) is 35.1 Å². The minimum atomic E-state index is -0.369. The van der Waals surface area contributed by atoms with Gasteiger partial charge in [0.25, 0.3) is 0 Å². The smallest absolute Gasteiger partial charge is 0.129 e. The van der Waals surface area contributed by atoms with Crippen molar-refractivity contribution in [1.29, 1.82) is 5.26 Å². The first-order chi connectivity index (χ1) is 8.70. The first-order valence-electron chi connectivity index (χ1n) is 6.30. The molecule has 1 aliphatic rings. The second kappa shape index (κ2) is 5.94. The van der Waals surface area contributed by atoms with Crippen molar-refractivity contribution in [2.24, 2.45) is 0 Å². The molecule has 0 bridgehead atoms. The maximum atomic E-state index is 13.6. The van der Waals surface area contributed by atoms with Gasteiger partial charge in [-0.15, -0.1) is 0 Å². The number of aliphatic hydroxyl groups excluding tert-OH is 1. The minimum Gasteiger partial charge on any atom is -0.392 e. The second-order valence-electron chi connectivity index (χ2n) is 4.76. The lowest BCUT2D eigenvalue weighted by Gasteiger charge is -2.28. The van der Waals surface area contributed by atoms with Gasteiger partial charge in [0.05, 0.1) is 17.7 Å². The third kappa shape index (κ3) is 3.06. The van der Waals surface area contributed by atoms with E-state index in [2.05, 4.69) is 5.32 Å². The number of halogens is 1. The molecule has 0 spiro atoms. The van der Waals surface area contributed by atoms with E-state index in [4.69, 9.17) is 5.26 Å². The van der Waals surface area contributed by atoms with Gasteiger partial charge in [0, 0.05) is 18.2 Å². The van der Waals surface area contributed by atoms with Gasteiger partial charge in [0.1, 0.15) is 5.82 Å². The van der Waals surface area contributed by atoms with Crippen LogP contribution in [0.15, 0.2) is 18.2 Å². The van der Waals surface area contributed by atoms with Crippen LogP contribution in [0.2, 0.25) is 0 Å². The van der Waals surface area contributed by atoms with E-state index in [0.29, 0.717) is 17.7 Å². The van der Waals surface area contributed by atoms with E-state index in [-0.39, 0.29) is 18.0 Å². The van der Waals surface area contributed by atoms with Gasteiger partial charge < -0.3 is 10.4 Å². The molecular formula is C14H17FN2O. The van der Waals surface area contributed by atoms with Gasteiger partial charge in [-0.3, -0.25) is 0 Å². The Labute approximate surface area is 106 Å². The van der Waals surface area contributed by atoms with Crippen LogP contribution < -0.4 is 5.32 Å². The highest BCUT2D eigenvalue weighted by Gasteiger charge is 2.22. The Morgan fingerprint density at radius 3 is 2.83 bits per heavy atom. The molecule has 0 radical (unpaired) electrons. The standard InChI is InChI=1S/C14H17FN2O/c15-12-7-10(8-16)5-6-11(12)9-17-13-3-1-2-4-14(13)18/h5-7,13-14,17-18H,1-4,9H2. The number of hydrogen-bond acceptors (Lipinski definition) is 3. The summed E-state index contributed by atoms with van der Waals surface area (Å²) in [6.07, 6.45) is 3.57. The lowest BCUT2D eigenvalue weighted by molar-refractivity contribution is 0.0901. The zero-order valence-corrected chi connectivity index (χ0v) is 10.2. The molecule has 0 amide bonds. The predicted molar refractivity (Wildman–Crippen MR) is 66.2 cm³/mol. The van der Waals surface area contributed by atoms with Crippen LogP contribution in [-0.4, -0.2) is 17.3 Å². The summed E-state index contributed by atoms with van der Waals surface area (Å²) in [5, 5.41) is 21.6. The Hall–Kier alpha value is -1.44. The van der Waals surface area contributed by atoms with E-state index in [1.807, 2.05) is 6.07 Å². The van der Waals surface area contributed by atoms with E-state index < -0.39 is 0 Å². The first-order valence-corrected chi connectivity index (χ1v) is 6.30. The Bertz CT molecular complexity index is 456. The van der Waals surface area contributed by atoms with Crippen LogP contribution in [0.25, 0.3) is 0 Å². The van der Waals surface area contributed by atoms with Gasteiger partial charge in [0.15, 0.2) is 0 Å². The quantitative estimate of drug-likeness (QED) is 0.861. The summed E-state index contributed by atoms with van der Waals surface area (Å²) in [6, 6.07) is 6.43. The molecule has 0 saturated heterocycles. The van der Waals surface area contributed by atoms with Crippen LogP contribution >= 0.6 is 0 Å². The third-order valence-electron chi connectivity index (χ3n) is 3.47. The van der Waals surface area contributed by atoms with Crippen molar-refractivity contribution in [2.75, 3.05) is 0 Å². The summed E-state index contributed by atoms with van der Waals surface area (Å²) in [6.45, 7) is 0.388. The van der Waals surface area contributed by atoms with E-state index in [1.165, 1.54) is 6.07 Å². The average molecular weight is 248 g/mol. The molecule has 0 heterocycles. The fourth-order valence-electron chi connectivity index (χ4n) is 2.35. The maximum Gasteiger partial charge on any atom is 0.129 e. The normalized spacial score (nSPS) is 23.6. The predicted octanol–water partition coefficient (Wildman–Crippen LogP) is 2.09. The maximum absolute atomic E-state index is 13.6. The molecule has 2 unspecified atom stereocenters. The number of nitrogens with zero attached hydrogens (tertiary/aromatic N) is 1. The van der Waals surface area contributed by atoms with Crippen molar-refractivity contribution in [3.63, 3.8) is 0 Å². The molecule has 0 aliphatic heterocycles. The Balaban J connectivity index is 1.95. The summed E-state index contributed by atoms with van der Waals surface area (Å²) in [7, 11) is 0. The molecule has 2 N–H and O–H groups in total. The summed E-state index contributed by atoms with van der Waals surface area (Å²) >= 11 is 0. The molecule has 2 atom stereocenters. The third-order valence-corrected chi connectivity index (χ3v) is 3.47. The van der Waals surface area contributed by atoms with Crippen LogP contribution in [0, 0.1) is 17.1 Å². The Morgan fingerprint density at radius 2 is 2.17 bits per heavy atom. The molecule has 2 rings (SSSR count). The molecule has 4 heteroatoms. The zero-order chi connectivity index (χ0) is 13.0. The number of nitriles is 1. The summed E-state index contributed by atoms with van der Waals surface area (Å²) < 4.78 is 13.6. The summed E-state index contributed by atoms with van der Waals surface area (Å²) in [5.41, 5.74) is 0.862. The van der Waals surface area contributed by atoms with Gasteiger partial charge in [-0.25, -0.2) is 4.39 Å². The van der Waals surface area contributed by atoms with Gasteiger partial charge in [0.2, 0.25) is 0 Å². The number of nitrogens with one attached hydrogen (secondary N) is 1. The lowest BCUT2D eigenvalue weighted by Crippen LogP contribution is -2.41. The Kier molecular flexibility index (Phi) is 4.29. The van der Waals surface area contributed by atoms with Crippen LogP contribution in [0.4, 0.5) is 4.39 Å². The van der Waals surface area contributed by atoms with Crippen LogP contribution in [0.1, 0.15) is 36.8 Å². The molecule has 1 aliphatic carbocycles. The second-order valence-corrected chi connectivity index (χ2v) is 4.76. The zero-order valence-electron chi connectivity index (χ0n) is 10.2. The largest absolute Gasteiger partial charge is 0.392 e. The highest BCUT2D eigenvalue weighted by atomic mass is 19.1. The molecule has 0 aromatic heterocycles. The molecular weight excluding hydrogens is 231 g/mol. The Morgan fingerprint density at radius 1 is 1.39 bits per heavy atom. The molecule has 1 saturated carbocycles. The number of benzene rings is 1. The molecule has 1 aromatic rings. The van der Waals surface area contributed by atoms with Crippen LogP contribution in [0.5, 0.6) is 0 Å². The van der Waals surface area contributed by atoms with Gasteiger partial charge in [-0.2, -0.15) is 5.26 Å². The average Bonchev–Trinajstić information content (AvgIpc) is 2.39. The number of hydrogen-bond donors (Lipinski definition) is 2. The van der Waals surface area contributed by atoms with Crippen LogP contribution in [-0.2, 0) is 6.54 Å². The number of rotatable bonds is 3. The molecule has 1 aromatic carbocycles. The highest BCUT2D eigenvalue weighted by Crippen LogP contribution is 2.19. The molecule has 1 fully saturated rings. The summed E-state index contributed by atoms with van der Waals surface area (Å²) in [5.74, 6) is -0.369. The minimum absolute atomic E-state index is 0.0498. The van der Waals surface area contributed by atoms with Gasteiger partial charge in [-0.05, 0) is 25.0 Å². The fourth-order valence-corrected chi connectivity index (χ4v) is 2.35.